The van der Waals surface area contributed by atoms with Crippen LogP contribution in [0.1, 0.15) is 25.0 Å². The van der Waals surface area contributed by atoms with E-state index in [2.05, 4.69) is 188 Å². The van der Waals surface area contributed by atoms with Gasteiger partial charge in [0.25, 0.3) is 0 Å². The highest BCUT2D eigenvalue weighted by Gasteiger charge is 2.36. The van der Waals surface area contributed by atoms with Crippen LogP contribution in [0.2, 0.25) is 0 Å². The molecule has 0 unspecified atom stereocenters. The molecule has 254 valence electrons. The average Bonchev–Trinajstić information content (AvgIpc) is 3.68. The summed E-state index contributed by atoms with van der Waals surface area (Å²) in [6.07, 6.45) is 1.89. The van der Waals surface area contributed by atoms with Crippen molar-refractivity contribution < 1.29 is 0 Å². The predicted octanol–water partition coefficient (Wildman–Crippen LogP) is 13.8. The fourth-order valence-corrected chi connectivity index (χ4v) is 9.11. The predicted molar refractivity (Wildman–Crippen MR) is 227 cm³/mol. The molecule has 2 heterocycles. The van der Waals surface area contributed by atoms with Crippen LogP contribution in [0, 0.1) is 0 Å². The lowest BCUT2D eigenvalue weighted by atomic mass is 9.81. The summed E-state index contributed by atoms with van der Waals surface area (Å²) in [4.78, 5) is 4.78. The molecular weight excluding hydrogens is 653 g/mol. The van der Waals surface area contributed by atoms with Crippen molar-refractivity contribution in [2.75, 3.05) is 0 Å². The maximum Gasteiger partial charge on any atom is 0.0786 e. The molecule has 2 aromatic heterocycles. The first-order valence-electron chi connectivity index (χ1n) is 18.8. The monoisotopic (exact) mass is 688 g/mol. The molecule has 0 N–H and O–H groups in total. The van der Waals surface area contributed by atoms with Gasteiger partial charge in [-0.2, -0.15) is 0 Å². The van der Waals surface area contributed by atoms with E-state index in [4.69, 9.17) is 4.98 Å². The van der Waals surface area contributed by atoms with Crippen LogP contribution in [0.15, 0.2) is 182 Å². The zero-order valence-corrected chi connectivity index (χ0v) is 30.2. The number of benzene rings is 8. The number of hydrogen-bond donors (Lipinski definition) is 0. The van der Waals surface area contributed by atoms with Gasteiger partial charge in [-0.05, 0) is 110 Å². The number of fused-ring (bicyclic) bond motifs is 9. The van der Waals surface area contributed by atoms with Crippen LogP contribution < -0.4 is 0 Å². The van der Waals surface area contributed by atoms with E-state index in [1.54, 1.807) is 0 Å². The zero-order valence-electron chi connectivity index (χ0n) is 30.2. The number of rotatable bonds is 4. The average molecular weight is 689 g/mol. The molecule has 0 radical (unpaired) electrons. The Morgan fingerprint density at radius 3 is 1.67 bits per heavy atom. The SMILES string of the molecule is CC1(C)c2cc(-c3ccc(-c4cc5ccccc5c5ncccc45)cc3)ccc2-c2ccc(-c3cccc(-n4c5ccccc5c5ccccc54)c3)cc21. The van der Waals surface area contributed by atoms with Crippen LogP contribution in [0.3, 0.4) is 0 Å². The molecule has 11 rings (SSSR count). The Balaban J connectivity index is 0.942. The molecule has 0 amide bonds. The largest absolute Gasteiger partial charge is 0.309 e. The summed E-state index contributed by atoms with van der Waals surface area (Å²) < 4.78 is 2.40. The molecule has 8 aromatic carbocycles. The molecule has 0 fully saturated rings. The number of nitrogens with zero attached hydrogens (tertiary/aromatic N) is 2. The summed E-state index contributed by atoms with van der Waals surface area (Å²) >= 11 is 0. The first-order chi connectivity index (χ1) is 26.5. The van der Waals surface area contributed by atoms with Gasteiger partial charge in [-0.25, -0.2) is 0 Å². The third-order valence-electron chi connectivity index (χ3n) is 11.8. The van der Waals surface area contributed by atoms with E-state index < -0.39 is 0 Å². The van der Waals surface area contributed by atoms with Gasteiger partial charge in [-0.1, -0.05) is 141 Å². The Labute approximate surface area is 314 Å². The Bertz CT molecular complexity index is 3070. The van der Waals surface area contributed by atoms with Crippen LogP contribution in [-0.4, -0.2) is 9.55 Å². The maximum atomic E-state index is 4.78. The summed E-state index contributed by atoms with van der Waals surface area (Å²) in [7, 11) is 0. The molecule has 2 heteroatoms. The summed E-state index contributed by atoms with van der Waals surface area (Å²) in [5.41, 5.74) is 17.3. The van der Waals surface area contributed by atoms with Crippen LogP contribution >= 0.6 is 0 Å². The topological polar surface area (TPSA) is 17.8 Å². The van der Waals surface area contributed by atoms with Crippen molar-refractivity contribution in [3.8, 4) is 50.2 Å². The smallest absolute Gasteiger partial charge is 0.0786 e. The van der Waals surface area contributed by atoms with Crippen LogP contribution in [0.25, 0.3) is 93.7 Å². The fraction of sp³-hybridized carbons (Fsp3) is 0.0577. The third-order valence-corrected chi connectivity index (χ3v) is 11.8. The minimum Gasteiger partial charge on any atom is -0.309 e. The minimum absolute atomic E-state index is 0.141. The lowest BCUT2D eigenvalue weighted by Crippen LogP contribution is -2.15. The normalized spacial score (nSPS) is 13.1. The van der Waals surface area contributed by atoms with Crippen molar-refractivity contribution in [3.63, 3.8) is 0 Å². The fourth-order valence-electron chi connectivity index (χ4n) is 9.11. The molecule has 10 aromatic rings. The van der Waals surface area contributed by atoms with Crippen molar-refractivity contribution >= 4 is 43.5 Å². The van der Waals surface area contributed by atoms with Gasteiger partial charge < -0.3 is 4.57 Å². The second kappa shape index (κ2) is 11.6. The van der Waals surface area contributed by atoms with E-state index in [1.165, 1.54) is 99.3 Å². The summed E-state index contributed by atoms with van der Waals surface area (Å²) in [6.45, 7) is 4.75. The second-order valence-corrected chi connectivity index (χ2v) is 15.2. The molecule has 0 spiro atoms. The van der Waals surface area contributed by atoms with Gasteiger partial charge in [0.2, 0.25) is 0 Å². The van der Waals surface area contributed by atoms with Gasteiger partial charge in [0.1, 0.15) is 0 Å². The van der Waals surface area contributed by atoms with Crippen LogP contribution in [-0.2, 0) is 5.41 Å². The van der Waals surface area contributed by atoms with E-state index in [9.17, 15) is 0 Å². The van der Waals surface area contributed by atoms with Crippen molar-refractivity contribution in [2.24, 2.45) is 0 Å². The minimum atomic E-state index is -0.141. The Morgan fingerprint density at radius 1 is 0.407 bits per heavy atom. The number of para-hydroxylation sites is 2. The first-order valence-corrected chi connectivity index (χ1v) is 18.8. The molecule has 0 saturated heterocycles. The van der Waals surface area contributed by atoms with E-state index >= 15 is 0 Å². The van der Waals surface area contributed by atoms with E-state index in [0.29, 0.717) is 0 Å². The first kappa shape index (κ1) is 30.8. The molecule has 0 bridgehead atoms. The summed E-state index contributed by atoms with van der Waals surface area (Å²) in [5.74, 6) is 0. The third kappa shape index (κ3) is 4.56. The lowest BCUT2D eigenvalue weighted by Gasteiger charge is -2.23. The molecule has 0 atom stereocenters. The lowest BCUT2D eigenvalue weighted by molar-refractivity contribution is 0.661. The summed E-state index contributed by atoms with van der Waals surface area (Å²) in [6, 6.07) is 64.7. The molecule has 0 aliphatic heterocycles. The van der Waals surface area contributed by atoms with E-state index in [1.807, 2.05) is 12.3 Å². The highest BCUT2D eigenvalue weighted by molar-refractivity contribution is 6.12. The van der Waals surface area contributed by atoms with E-state index in [-0.39, 0.29) is 5.41 Å². The van der Waals surface area contributed by atoms with Gasteiger partial charge in [-0.15, -0.1) is 0 Å². The standard InChI is InChI=1S/C52H36N2/c1-52(2)47-31-36(33-20-22-34(23-21-33)46-30-38-11-3-4-14-40(38)51-45(46)17-10-28-53-51)24-26-41(47)42-27-25-37(32-48(42)52)35-12-9-13-39(29-35)54-49-18-7-5-15-43(49)44-16-6-8-19-50(44)54/h3-32H,1-2H3. The Morgan fingerprint density at radius 2 is 0.963 bits per heavy atom. The quantitative estimate of drug-likeness (QED) is 0.168. The van der Waals surface area contributed by atoms with Gasteiger partial charge in [0.05, 0.1) is 16.6 Å². The molecule has 2 nitrogen and oxygen atoms in total. The second-order valence-electron chi connectivity index (χ2n) is 15.2. The van der Waals surface area contributed by atoms with E-state index in [0.717, 1.165) is 5.52 Å². The Kier molecular flexibility index (Phi) is 6.63. The van der Waals surface area contributed by atoms with Gasteiger partial charge in [0, 0.05) is 38.8 Å². The zero-order chi connectivity index (χ0) is 36.0. The number of aromatic nitrogens is 2. The molecule has 54 heavy (non-hydrogen) atoms. The summed E-state index contributed by atoms with van der Waals surface area (Å²) in [5, 5.41) is 6.14. The molecular formula is C52H36N2. The molecule has 0 saturated carbocycles. The maximum absolute atomic E-state index is 4.78. The van der Waals surface area contributed by atoms with Gasteiger partial charge >= 0.3 is 0 Å². The van der Waals surface area contributed by atoms with Crippen LogP contribution in [0.5, 0.6) is 0 Å². The van der Waals surface area contributed by atoms with Crippen molar-refractivity contribution in [2.45, 2.75) is 19.3 Å². The van der Waals surface area contributed by atoms with Crippen molar-refractivity contribution in [1.82, 2.24) is 9.55 Å². The number of hydrogen-bond acceptors (Lipinski definition) is 1. The number of pyridine rings is 1. The van der Waals surface area contributed by atoms with Gasteiger partial charge in [0.15, 0.2) is 0 Å². The van der Waals surface area contributed by atoms with Gasteiger partial charge in [-0.3, -0.25) is 4.98 Å². The van der Waals surface area contributed by atoms with Crippen molar-refractivity contribution in [3.05, 3.63) is 193 Å². The highest BCUT2D eigenvalue weighted by Crippen LogP contribution is 2.51. The highest BCUT2D eigenvalue weighted by atomic mass is 15.0. The Hall–Kier alpha value is -6.77. The molecule has 1 aliphatic rings. The molecule has 1 aliphatic carbocycles. The van der Waals surface area contributed by atoms with Crippen LogP contribution in [0.4, 0.5) is 0 Å². The van der Waals surface area contributed by atoms with Crippen molar-refractivity contribution in [1.29, 1.82) is 0 Å².